The summed E-state index contributed by atoms with van der Waals surface area (Å²) in [6.07, 6.45) is 1.50. The van der Waals surface area contributed by atoms with Crippen LogP contribution in [0.5, 0.6) is 0 Å². The quantitative estimate of drug-likeness (QED) is 0.510. The third-order valence-corrected chi connectivity index (χ3v) is 0.890. The summed E-state index contributed by atoms with van der Waals surface area (Å²) in [7, 11) is 0. The Bertz CT molecular complexity index is 175. The Morgan fingerprint density at radius 3 is 1.92 bits per heavy atom. The average molecular weight is 221 g/mol. The zero-order chi connectivity index (χ0) is 7.98. The largest absolute Gasteiger partial charge is 4.00 e. The molecule has 1 aromatic heterocycles. The van der Waals surface area contributed by atoms with E-state index in [1.54, 1.807) is 0 Å². The SMILES string of the molecule is C=C[CH2-].Cc1[c-]cc(C)[nH]1.[CH3-].[CH3-].[Fe+4]. The number of aromatic nitrogens is 1. The van der Waals surface area contributed by atoms with Gasteiger partial charge in [0.05, 0.1) is 0 Å². The Morgan fingerprint density at radius 1 is 1.46 bits per heavy atom. The second-order valence-electron chi connectivity index (χ2n) is 2.01. The molecular weight excluding hydrogens is 202 g/mol. The molecule has 13 heavy (non-hydrogen) atoms. The number of rotatable bonds is 0. The first-order chi connectivity index (χ1) is 4.70. The van der Waals surface area contributed by atoms with Crippen LogP contribution in [0.15, 0.2) is 18.7 Å². The van der Waals surface area contributed by atoms with Crippen molar-refractivity contribution in [1.29, 1.82) is 0 Å². The van der Waals surface area contributed by atoms with E-state index in [0.717, 1.165) is 5.69 Å². The Kier molecular flexibility index (Phi) is 24.5. The molecule has 0 saturated heterocycles. The van der Waals surface area contributed by atoms with E-state index in [1.165, 1.54) is 11.8 Å². The molecule has 0 aliphatic heterocycles. The number of allylic oxidation sites excluding steroid dienone is 1. The standard InChI is InChI=1S/C6H8N.C3H5.2CH3.Fe/c1-5-3-4-6(2)7-5;1-3-2;;;/h3,7H,1-2H3;3H,1-2H2;2*1H3;/q4*-1;+4. The number of hydrogen-bond donors (Lipinski definition) is 1. The van der Waals surface area contributed by atoms with Gasteiger partial charge in [0, 0.05) is 0 Å². The summed E-state index contributed by atoms with van der Waals surface area (Å²) in [4.78, 5) is 3.08. The predicted molar refractivity (Wildman–Crippen MR) is 57.5 cm³/mol. The van der Waals surface area contributed by atoms with Crippen molar-refractivity contribution < 1.29 is 17.1 Å². The molecule has 1 aromatic rings. The fraction of sp³-hybridized carbons (Fsp3) is 0.182. The van der Waals surface area contributed by atoms with Crippen molar-refractivity contribution in [3.63, 3.8) is 0 Å². The maximum atomic E-state index is 3.25. The molecule has 0 aromatic carbocycles. The Balaban J connectivity index is -0.0000000615. The molecule has 0 atom stereocenters. The second-order valence-corrected chi connectivity index (χ2v) is 2.01. The molecule has 0 amide bonds. The Labute approximate surface area is 94.1 Å². The van der Waals surface area contributed by atoms with Gasteiger partial charge in [-0.05, 0) is 6.92 Å². The number of nitrogens with one attached hydrogen (secondary N) is 1. The van der Waals surface area contributed by atoms with Gasteiger partial charge in [0.1, 0.15) is 0 Å². The van der Waals surface area contributed by atoms with E-state index in [0.29, 0.717) is 0 Å². The molecule has 0 spiro atoms. The zero-order valence-corrected chi connectivity index (χ0v) is 10.0. The van der Waals surface area contributed by atoms with Crippen LogP contribution in [0.1, 0.15) is 11.4 Å². The smallest absolute Gasteiger partial charge is 0.456 e. The van der Waals surface area contributed by atoms with Gasteiger partial charge in [0.2, 0.25) is 0 Å². The molecule has 1 heterocycles. The summed E-state index contributed by atoms with van der Waals surface area (Å²) in [5.41, 5.74) is 2.29. The minimum absolute atomic E-state index is 0. The minimum Gasteiger partial charge on any atom is -0.456 e. The van der Waals surface area contributed by atoms with E-state index in [9.17, 15) is 0 Å². The van der Waals surface area contributed by atoms with E-state index in [-0.39, 0.29) is 31.9 Å². The van der Waals surface area contributed by atoms with E-state index in [4.69, 9.17) is 0 Å². The monoisotopic (exact) mass is 221 g/mol. The topological polar surface area (TPSA) is 15.8 Å². The first kappa shape index (κ1) is 22.8. The van der Waals surface area contributed by atoms with E-state index in [1.807, 2.05) is 19.9 Å². The van der Waals surface area contributed by atoms with Crippen LogP contribution in [0.25, 0.3) is 0 Å². The van der Waals surface area contributed by atoms with Gasteiger partial charge in [0.25, 0.3) is 0 Å². The summed E-state index contributed by atoms with van der Waals surface area (Å²) in [5, 5.41) is 0. The first-order valence-corrected chi connectivity index (χ1v) is 3.14. The van der Waals surface area contributed by atoms with Crippen LogP contribution in [0.3, 0.4) is 0 Å². The van der Waals surface area contributed by atoms with Crippen molar-refractivity contribution in [2.45, 2.75) is 13.8 Å². The second kappa shape index (κ2) is 14.0. The maximum Gasteiger partial charge on any atom is 4.00 e. The number of hydrogen-bond acceptors (Lipinski definition) is 0. The molecule has 0 bridgehead atoms. The fourth-order valence-electron chi connectivity index (χ4n) is 0.584. The summed E-state index contributed by atoms with van der Waals surface area (Å²) in [6, 6.07) is 4.95. The Hall–Kier alpha value is -0.591. The Morgan fingerprint density at radius 2 is 1.85 bits per heavy atom. The normalized spacial score (nSPS) is 6.00. The van der Waals surface area contributed by atoms with Crippen molar-refractivity contribution in [2.75, 3.05) is 0 Å². The van der Waals surface area contributed by atoms with Crippen molar-refractivity contribution >= 4 is 0 Å². The molecule has 1 nitrogen and oxygen atoms in total. The first-order valence-electron chi connectivity index (χ1n) is 3.14. The molecule has 76 valence electrons. The molecule has 0 aliphatic carbocycles. The van der Waals surface area contributed by atoms with E-state index in [2.05, 4.69) is 24.6 Å². The summed E-state index contributed by atoms with van der Waals surface area (Å²) in [5.74, 6) is 0. The van der Waals surface area contributed by atoms with E-state index < -0.39 is 0 Å². The fourth-order valence-corrected chi connectivity index (χ4v) is 0.584. The molecular formula is C11H19FeN. The van der Waals surface area contributed by atoms with Crippen LogP contribution < -0.4 is 0 Å². The molecule has 1 N–H and O–H groups in total. The van der Waals surface area contributed by atoms with Gasteiger partial charge in [-0.15, -0.1) is 5.69 Å². The van der Waals surface area contributed by atoms with Crippen LogP contribution in [0, 0.1) is 41.7 Å². The summed E-state index contributed by atoms with van der Waals surface area (Å²) in [6.45, 7) is 10.5. The zero-order valence-electron chi connectivity index (χ0n) is 8.92. The number of aryl methyl sites for hydroxylation is 2. The molecule has 2 heteroatoms. The van der Waals surface area contributed by atoms with Gasteiger partial charge in [-0.3, -0.25) is 0 Å². The maximum absolute atomic E-state index is 3.25. The molecule has 0 unspecified atom stereocenters. The van der Waals surface area contributed by atoms with E-state index >= 15 is 0 Å². The van der Waals surface area contributed by atoms with Crippen molar-refractivity contribution in [3.8, 4) is 0 Å². The minimum atomic E-state index is 0. The predicted octanol–water partition coefficient (Wildman–Crippen LogP) is 3.34. The van der Waals surface area contributed by atoms with Crippen LogP contribution in [-0.2, 0) is 17.1 Å². The summed E-state index contributed by atoms with van der Waals surface area (Å²) >= 11 is 0. The molecule has 0 radical (unpaired) electrons. The average Bonchev–Trinajstić information content (AvgIpc) is 2.17. The van der Waals surface area contributed by atoms with Crippen molar-refractivity contribution in [1.82, 2.24) is 4.98 Å². The van der Waals surface area contributed by atoms with Gasteiger partial charge in [-0.25, -0.2) is 31.7 Å². The van der Waals surface area contributed by atoms with Crippen molar-refractivity contribution in [2.24, 2.45) is 0 Å². The van der Waals surface area contributed by atoms with Crippen LogP contribution in [-0.4, -0.2) is 4.98 Å². The van der Waals surface area contributed by atoms with Gasteiger partial charge in [0.15, 0.2) is 0 Å². The number of H-pyrrole nitrogens is 1. The van der Waals surface area contributed by atoms with Gasteiger partial charge in [-0.2, -0.15) is 0 Å². The molecule has 0 fully saturated rings. The van der Waals surface area contributed by atoms with Crippen LogP contribution >= 0.6 is 0 Å². The van der Waals surface area contributed by atoms with Crippen molar-refractivity contribution in [3.05, 3.63) is 58.0 Å². The van der Waals surface area contributed by atoms with Gasteiger partial charge >= 0.3 is 17.1 Å². The summed E-state index contributed by atoms with van der Waals surface area (Å²) < 4.78 is 0. The third-order valence-electron chi connectivity index (χ3n) is 0.890. The number of aromatic amines is 1. The van der Waals surface area contributed by atoms with Gasteiger partial charge in [-0.1, -0.05) is 12.6 Å². The molecule has 0 aliphatic rings. The molecule has 0 saturated carbocycles. The molecule has 1 rings (SSSR count). The van der Waals surface area contributed by atoms with Crippen LogP contribution in [0.4, 0.5) is 0 Å². The third kappa shape index (κ3) is 14.3. The van der Waals surface area contributed by atoms with Gasteiger partial charge < -0.3 is 19.8 Å². The van der Waals surface area contributed by atoms with Crippen LogP contribution in [0.2, 0.25) is 0 Å².